The second-order valence-corrected chi connectivity index (χ2v) is 4.36. The Bertz CT molecular complexity index is 296. The van der Waals surface area contributed by atoms with E-state index in [1.165, 1.54) is 0 Å². The summed E-state index contributed by atoms with van der Waals surface area (Å²) in [5, 5.41) is 0. The van der Waals surface area contributed by atoms with Crippen LogP contribution in [0.2, 0.25) is 0 Å². The standard InChI is InChI=1S/C10H17N3OS/c1-3-15-7-10(13-11)8-4-9(14-2)6-12-5-8/h4-6,10,13H,3,7,11H2,1-2H3. The van der Waals surface area contributed by atoms with E-state index in [1.54, 1.807) is 13.3 Å². The van der Waals surface area contributed by atoms with Crippen LogP contribution in [0.4, 0.5) is 0 Å². The number of ether oxygens (including phenoxy) is 1. The van der Waals surface area contributed by atoms with Crippen LogP contribution in [0, 0.1) is 0 Å². The fraction of sp³-hybridized carbons (Fsp3) is 0.500. The smallest absolute Gasteiger partial charge is 0.137 e. The average molecular weight is 227 g/mol. The summed E-state index contributed by atoms with van der Waals surface area (Å²) < 4.78 is 5.12. The Balaban J connectivity index is 2.72. The Morgan fingerprint density at radius 1 is 1.60 bits per heavy atom. The summed E-state index contributed by atoms with van der Waals surface area (Å²) in [7, 11) is 1.63. The lowest BCUT2D eigenvalue weighted by Gasteiger charge is -2.15. The number of hydrogen-bond donors (Lipinski definition) is 2. The second-order valence-electron chi connectivity index (χ2n) is 3.04. The van der Waals surface area contributed by atoms with Crippen LogP contribution in [0.1, 0.15) is 18.5 Å². The summed E-state index contributed by atoms with van der Waals surface area (Å²) in [6.45, 7) is 2.13. The molecule has 5 heteroatoms. The van der Waals surface area contributed by atoms with Gasteiger partial charge in [0.15, 0.2) is 0 Å². The van der Waals surface area contributed by atoms with E-state index in [9.17, 15) is 0 Å². The van der Waals surface area contributed by atoms with Gasteiger partial charge in [0.25, 0.3) is 0 Å². The van der Waals surface area contributed by atoms with Gasteiger partial charge in [-0.1, -0.05) is 6.92 Å². The number of hydrogen-bond acceptors (Lipinski definition) is 5. The van der Waals surface area contributed by atoms with Crippen molar-refractivity contribution in [2.75, 3.05) is 18.6 Å². The molecule has 1 unspecified atom stereocenters. The van der Waals surface area contributed by atoms with E-state index in [4.69, 9.17) is 10.6 Å². The topological polar surface area (TPSA) is 60.2 Å². The summed E-state index contributed by atoms with van der Waals surface area (Å²) in [5.74, 6) is 8.28. The third kappa shape index (κ3) is 3.70. The van der Waals surface area contributed by atoms with Crippen molar-refractivity contribution in [1.82, 2.24) is 10.4 Å². The highest BCUT2D eigenvalue weighted by atomic mass is 32.2. The number of pyridine rings is 1. The largest absolute Gasteiger partial charge is 0.495 e. The SMILES string of the molecule is CCSCC(NN)c1cncc(OC)c1. The minimum Gasteiger partial charge on any atom is -0.495 e. The van der Waals surface area contributed by atoms with Crippen molar-refractivity contribution in [1.29, 1.82) is 0 Å². The first-order valence-corrected chi connectivity index (χ1v) is 6.00. The third-order valence-electron chi connectivity index (χ3n) is 2.06. The van der Waals surface area contributed by atoms with Gasteiger partial charge in [-0.15, -0.1) is 0 Å². The summed E-state index contributed by atoms with van der Waals surface area (Å²) in [6.07, 6.45) is 3.49. The van der Waals surface area contributed by atoms with Gasteiger partial charge in [0.1, 0.15) is 5.75 Å². The van der Waals surface area contributed by atoms with Crippen molar-refractivity contribution in [3.05, 3.63) is 24.0 Å². The molecule has 15 heavy (non-hydrogen) atoms. The van der Waals surface area contributed by atoms with E-state index in [0.29, 0.717) is 0 Å². The molecular weight excluding hydrogens is 210 g/mol. The zero-order valence-electron chi connectivity index (χ0n) is 9.06. The normalized spacial score (nSPS) is 12.5. The number of aromatic nitrogens is 1. The zero-order chi connectivity index (χ0) is 11.1. The number of nitrogens with one attached hydrogen (secondary N) is 1. The third-order valence-corrected chi connectivity index (χ3v) is 3.04. The molecule has 0 radical (unpaired) electrons. The number of rotatable bonds is 6. The van der Waals surface area contributed by atoms with Gasteiger partial charge in [0.2, 0.25) is 0 Å². The van der Waals surface area contributed by atoms with Gasteiger partial charge in [-0.05, 0) is 17.4 Å². The van der Waals surface area contributed by atoms with Crippen molar-refractivity contribution in [3.8, 4) is 5.75 Å². The summed E-state index contributed by atoms with van der Waals surface area (Å²) in [6, 6.07) is 2.07. The van der Waals surface area contributed by atoms with E-state index in [-0.39, 0.29) is 6.04 Å². The van der Waals surface area contributed by atoms with Crippen LogP contribution in [-0.2, 0) is 0 Å². The molecule has 0 saturated carbocycles. The predicted molar refractivity (Wildman–Crippen MR) is 63.9 cm³/mol. The fourth-order valence-electron chi connectivity index (χ4n) is 1.21. The Kier molecular flexibility index (Phi) is 5.45. The molecule has 0 fully saturated rings. The molecule has 1 aromatic rings. The van der Waals surface area contributed by atoms with Gasteiger partial charge in [-0.3, -0.25) is 16.3 Å². The van der Waals surface area contributed by atoms with Crippen LogP contribution in [0.15, 0.2) is 18.5 Å². The molecule has 1 heterocycles. The van der Waals surface area contributed by atoms with Crippen LogP contribution in [0.3, 0.4) is 0 Å². The lowest BCUT2D eigenvalue weighted by Crippen LogP contribution is -2.29. The molecule has 0 aliphatic rings. The zero-order valence-corrected chi connectivity index (χ0v) is 9.88. The molecule has 0 bridgehead atoms. The van der Waals surface area contributed by atoms with E-state index in [2.05, 4.69) is 17.3 Å². The highest BCUT2D eigenvalue weighted by Gasteiger charge is 2.10. The maximum atomic E-state index is 5.51. The lowest BCUT2D eigenvalue weighted by atomic mass is 10.1. The molecular formula is C10H17N3OS. The molecule has 0 aliphatic carbocycles. The Labute approximate surface area is 94.6 Å². The maximum absolute atomic E-state index is 5.51. The van der Waals surface area contributed by atoms with Crippen molar-refractivity contribution in [2.45, 2.75) is 13.0 Å². The molecule has 0 aliphatic heterocycles. The molecule has 84 valence electrons. The summed E-state index contributed by atoms with van der Waals surface area (Å²) in [5.41, 5.74) is 3.84. The monoisotopic (exact) mass is 227 g/mol. The van der Waals surface area contributed by atoms with Crippen LogP contribution in [-0.4, -0.2) is 23.6 Å². The number of hydrazine groups is 1. The van der Waals surface area contributed by atoms with E-state index in [0.717, 1.165) is 22.8 Å². The number of methoxy groups -OCH3 is 1. The van der Waals surface area contributed by atoms with Crippen molar-refractivity contribution >= 4 is 11.8 Å². The van der Waals surface area contributed by atoms with Gasteiger partial charge in [-0.25, -0.2) is 0 Å². The molecule has 0 aromatic carbocycles. The predicted octanol–water partition coefficient (Wildman–Crippen LogP) is 1.35. The summed E-state index contributed by atoms with van der Waals surface area (Å²) in [4.78, 5) is 4.10. The first-order valence-electron chi connectivity index (χ1n) is 4.84. The molecule has 1 aromatic heterocycles. The van der Waals surface area contributed by atoms with Crippen molar-refractivity contribution < 1.29 is 4.74 Å². The summed E-state index contributed by atoms with van der Waals surface area (Å²) >= 11 is 1.84. The van der Waals surface area contributed by atoms with Gasteiger partial charge in [-0.2, -0.15) is 11.8 Å². The Morgan fingerprint density at radius 2 is 2.40 bits per heavy atom. The maximum Gasteiger partial charge on any atom is 0.137 e. The fourth-order valence-corrected chi connectivity index (χ4v) is 1.97. The lowest BCUT2D eigenvalue weighted by molar-refractivity contribution is 0.411. The molecule has 1 atom stereocenters. The number of nitrogens with two attached hydrogens (primary N) is 1. The van der Waals surface area contributed by atoms with Crippen LogP contribution < -0.4 is 16.0 Å². The van der Waals surface area contributed by atoms with E-state index in [1.807, 2.05) is 24.0 Å². The van der Waals surface area contributed by atoms with Crippen molar-refractivity contribution in [3.63, 3.8) is 0 Å². The van der Waals surface area contributed by atoms with Gasteiger partial charge in [0.05, 0.1) is 19.3 Å². The van der Waals surface area contributed by atoms with Gasteiger partial charge >= 0.3 is 0 Å². The van der Waals surface area contributed by atoms with Gasteiger partial charge in [0, 0.05) is 11.9 Å². The number of nitrogens with zero attached hydrogens (tertiary/aromatic N) is 1. The molecule has 3 N–H and O–H groups in total. The average Bonchev–Trinajstić information content (AvgIpc) is 2.30. The highest BCUT2D eigenvalue weighted by Crippen LogP contribution is 2.20. The molecule has 0 amide bonds. The Hall–Kier alpha value is -0.780. The molecule has 0 spiro atoms. The Morgan fingerprint density at radius 3 is 3.00 bits per heavy atom. The first-order chi connectivity index (χ1) is 7.31. The van der Waals surface area contributed by atoms with E-state index >= 15 is 0 Å². The number of thioether (sulfide) groups is 1. The molecule has 0 saturated heterocycles. The van der Waals surface area contributed by atoms with E-state index < -0.39 is 0 Å². The first kappa shape index (κ1) is 12.3. The molecule has 1 rings (SSSR count). The minimum absolute atomic E-state index is 0.123. The molecule has 4 nitrogen and oxygen atoms in total. The van der Waals surface area contributed by atoms with Crippen molar-refractivity contribution in [2.24, 2.45) is 5.84 Å². The minimum atomic E-state index is 0.123. The second kappa shape index (κ2) is 6.66. The van der Waals surface area contributed by atoms with Crippen LogP contribution >= 0.6 is 11.8 Å². The quantitative estimate of drug-likeness (QED) is 0.567. The van der Waals surface area contributed by atoms with Gasteiger partial charge < -0.3 is 4.74 Å². The van der Waals surface area contributed by atoms with Crippen LogP contribution in [0.5, 0.6) is 5.75 Å². The highest BCUT2D eigenvalue weighted by molar-refractivity contribution is 7.99. The van der Waals surface area contributed by atoms with Crippen LogP contribution in [0.25, 0.3) is 0 Å².